The molecular formula is C27H25BrN4O2. The van der Waals surface area contributed by atoms with Crippen LogP contribution in [0.3, 0.4) is 0 Å². The van der Waals surface area contributed by atoms with Crippen molar-refractivity contribution in [2.24, 2.45) is 5.73 Å². The third-order valence-electron chi connectivity index (χ3n) is 5.41. The monoisotopic (exact) mass is 516 g/mol. The van der Waals surface area contributed by atoms with Crippen LogP contribution in [-0.2, 0) is 11.2 Å². The summed E-state index contributed by atoms with van der Waals surface area (Å²) in [5.74, 6) is -0.972. The first kappa shape index (κ1) is 23.4. The molecular weight excluding hydrogens is 492 g/mol. The molecule has 0 amide bonds. The Morgan fingerprint density at radius 2 is 1.47 bits per heavy atom. The van der Waals surface area contributed by atoms with Crippen LogP contribution in [0.2, 0.25) is 0 Å². The smallest absolute Gasteiger partial charge is 0.320 e. The van der Waals surface area contributed by atoms with E-state index in [1.54, 1.807) is 0 Å². The summed E-state index contributed by atoms with van der Waals surface area (Å²) >= 11 is 3.40. The maximum absolute atomic E-state index is 10.6. The van der Waals surface area contributed by atoms with Gasteiger partial charge in [0.25, 0.3) is 0 Å². The van der Waals surface area contributed by atoms with Crippen LogP contribution in [0.1, 0.15) is 5.56 Å². The number of aromatic amines is 3. The van der Waals surface area contributed by atoms with Gasteiger partial charge in [0.05, 0.1) is 0 Å². The van der Waals surface area contributed by atoms with E-state index in [1.165, 1.54) is 21.8 Å². The third-order valence-corrected chi connectivity index (χ3v) is 5.90. The van der Waals surface area contributed by atoms with Gasteiger partial charge in [-0.15, -0.1) is 0 Å². The molecule has 0 radical (unpaired) electrons. The number of benzene rings is 3. The number of fused-ring (bicyclic) bond motifs is 3. The van der Waals surface area contributed by atoms with Crippen molar-refractivity contribution in [3.8, 4) is 0 Å². The summed E-state index contributed by atoms with van der Waals surface area (Å²) in [6.45, 7) is 0. The van der Waals surface area contributed by atoms with Gasteiger partial charge in [-0.3, -0.25) is 4.79 Å². The van der Waals surface area contributed by atoms with Crippen molar-refractivity contribution >= 4 is 54.6 Å². The van der Waals surface area contributed by atoms with Crippen LogP contribution in [0.5, 0.6) is 0 Å². The zero-order valence-corrected chi connectivity index (χ0v) is 19.9. The largest absolute Gasteiger partial charge is 0.480 e. The first-order valence-corrected chi connectivity index (χ1v) is 11.6. The van der Waals surface area contributed by atoms with Gasteiger partial charge in [0.2, 0.25) is 0 Å². The summed E-state index contributed by atoms with van der Waals surface area (Å²) < 4.78 is 1.11. The highest BCUT2D eigenvalue weighted by Gasteiger charge is 2.14. The summed E-state index contributed by atoms with van der Waals surface area (Å²) in [6, 6.07) is 25.4. The Labute approximate surface area is 204 Å². The molecule has 172 valence electrons. The number of hydrogen-bond donors (Lipinski definition) is 5. The molecule has 6 rings (SSSR count). The first-order chi connectivity index (χ1) is 16.5. The lowest BCUT2D eigenvalue weighted by molar-refractivity contribution is -0.138. The molecule has 0 saturated heterocycles. The number of carbonyl (C=O) groups is 1. The fourth-order valence-electron chi connectivity index (χ4n) is 3.64. The molecule has 7 heteroatoms. The van der Waals surface area contributed by atoms with E-state index < -0.39 is 12.0 Å². The molecule has 0 aliphatic carbocycles. The first-order valence-electron chi connectivity index (χ1n) is 10.8. The van der Waals surface area contributed by atoms with Gasteiger partial charge in [-0.25, -0.2) is 0 Å². The van der Waals surface area contributed by atoms with Crippen molar-refractivity contribution in [2.75, 3.05) is 0 Å². The molecule has 3 aromatic heterocycles. The number of carboxylic acids is 1. The molecule has 3 aromatic carbocycles. The predicted octanol–water partition coefficient (Wildman–Crippen LogP) is 6.22. The van der Waals surface area contributed by atoms with Crippen LogP contribution >= 0.6 is 15.9 Å². The fraction of sp³-hybridized carbons (Fsp3) is 0.0741. The minimum Gasteiger partial charge on any atom is -0.480 e. The molecule has 0 saturated carbocycles. The molecule has 1 atom stereocenters. The van der Waals surface area contributed by atoms with Gasteiger partial charge >= 0.3 is 5.97 Å². The van der Waals surface area contributed by atoms with E-state index >= 15 is 0 Å². The lowest BCUT2D eigenvalue weighted by atomic mass is 10.1. The van der Waals surface area contributed by atoms with Crippen molar-refractivity contribution in [1.82, 2.24) is 15.0 Å². The maximum atomic E-state index is 10.6. The van der Waals surface area contributed by atoms with Crippen LogP contribution in [0, 0.1) is 0 Å². The Morgan fingerprint density at radius 3 is 2.21 bits per heavy atom. The number of nitrogens with one attached hydrogen (secondary N) is 3. The lowest BCUT2D eigenvalue weighted by Crippen LogP contribution is -2.32. The second-order valence-electron chi connectivity index (χ2n) is 7.78. The summed E-state index contributed by atoms with van der Waals surface area (Å²) in [5.41, 5.74) is 9.82. The third kappa shape index (κ3) is 5.75. The highest BCUT2D eigenvalue weighted by molar-refractivity contribution is 9.10. The molecule has 6 N–H and O–H groups in total. The summed E-state index contributed by atoms with van der Waals surface area (Å²) in [5, 5.41) is 12.3. The SMILES string of the molecule is Brc1ccc2cc[nH]c2c1.NC(Cc1c[nH]c2ccccc12)C(=O)O.c1ccc2[nH]ccc2c1. The fourth-order valence-corrected chi connectivity index (χ4v) is 4.00. The van der Waals surface area contributed by atoms with Gasteiger partial charge < -0.3 is 25.8 Å². The maximum Gasteiger partial charge on any atom is 0.320 e. The molecule has 6 nitrogen and oxygen atoms in total. The number of hydrogen-bond acceptors (Lipinski definition) is 2. The van der Waals surface area contributed by atoms with Crippen LogP contribution < -0.4 is 5.73 Å². The van der Waals surface area contributed by atoms with Gasteiger partial charge in [-0.1, -0.05) is 58.4 Å². The summed E-state index contributed by atoms with van der Waals surface area (Å²) in [6.07, 6.45) is 6.05. The standard InChI is InChI=1S/C11H12N2O2.C8H6BrN.C8H7N/c12-9(11(14)15)5-7-6-13-10-4-2-1-3-8(7)10;9-7-2-1-6-3-4-10-8(6)5-7;1-2-4-8-7(3-1)5-6-9-8/h1-4,6,9,13H,5,12H2,(H,14,15);1-5,10H;1-6,9H. The zero-order chi connectivity index (χ0) is 23.9. The minimum atomic E-state index is -0.972. The number of H-pyrrole nitrogens is 3. The summed E-state index contributed by atoms with van der Waals surface area (Å²) in [7, 11) is 0. The molecule has 6 aromatic rings. The van der Waals surface area contributed by atoms with Gasteiger partial charge in [0, 0.05) is 51.4 Å². The number of carboxylic acid groups (broad SMARTS) is 1. The van der Waals surface area contributed by atoms with Crippen molar-refractivity contribution in [3.63, 3.8) is 0 Å². The second kappa shape index (κ2) is 10.9. The molecule has 34 heavy (non-hydrogen) atoms. The molecule has 1 unspecified atom stereocenters. The predicted molar refractivity (Wildman–Crippen MR) is 142 cm³/mol. The number of rotatable bonds is 3. The van der Waals surface area contributed by atoms with Crippen molar-refractivity contribution < 1.29 is 9.90 Å². The van der Waals surface area contributed by atoms with E-state index in [2.05, 4.69) is 67.3 Å². The number of aromatic nitrogens is 3. The Balaban J connectivity index is 0.000000126. The van der Waals surface area contributed by atoms with Gasteiger partial charge in [-0.2, -0.15) is 0 Å². The Morgan fingerprint density at radius 1 is 0.824 bits per heavy atom. The number of aliphatic carboxylic acids is 1. The topological polar surface area (TPSA) is 111 Å². The van der Waals surface area contributed by atoms with Crippen LogP contribution in [-0.4, -0.2) is 32.1 Å². The van der Waals surface area contributed by atoms with E-state index in [4.69, 9.17) is 10.8 Å². The van der Waals surface area contributed by atoms with Gasteiger partial charge in [0.1, 0.15) is 6.04 Å². The lowest BCUT2D eigenvalue weighted by Gasteiger charge is -2.04. The van der Waals surface area contributed by atoms with E-state index in [0.717, 1.165) is 20.9 Å². The average Bonchev–Trinajstić information content (AvgIpc) is 3.59. The van der Waals surface area contributed by atoms with Crippen molar-refractivity contribution in [2.45, 2.75) is 12.5 Å². The van der Waals surface area contributed by atoms with Crippen LogP contribution in [0.25, 0.3) is 32.7 Å². The minimum absolute atomic E-state index is 0.347. The molecule has 3 heterocycles. The number of nitrogens with two attached hydrogens (primary N) is 1. The molecule has 0 aliphatic rings. The Bertz CT molecular complexity index is 1480. The molecule has 0 aliphatic heterocycles. The van der Waals surface area contributed by atoms with E-state index in [-0.39, 0.29) is 0 Å². The quantitative estimate of drug-likeness (QED) is 0.192. The summed E-state index contributed by atoms with van der Waals surface area (Å²) in [4.78, 5) is 20.0. The van der Waals surface area contributed by atoms with Crippen LogP contribution in [0.15, 0.2) is 102 Å². The van der Waals surface area contributed by atoms with Crippen molar-refractivity contribution in [3.05, 3.63) is 107 Å². The Hall–Kier alpha value is -3.81. The molecule has 0 fully saturated rings. The van der Waals surface area contributed by atoms with Crippen LogP contribution in [0.4, 0.5) is 0 Å². The van der Waals surface area contributed by atoms with Gasteiger partial charge in [0.15, 0.2) is 0 Å². The molecule has 0 bridgehead atoms. The van der Waals surface area contributed by atoms with E-state index in [1.807, 2.05) is 61.1 Å². The average molecular weight is 517 g/mol. The zero-order valence-electron chi connectivity index (χ0n) is 18.3. The second-order valence-corrected chi connectivity index (χ2v) is 8.70. The van der Waals surface area contributed by atoms with Crippen molar-refractivity contribution in [1.29, 1.82) is 0 Å². The number of halogens is 1. The highest BCUT2D eigenvalue weighted by atomic mass is 79.9. The number of para-hydroxylation sites is 2. The highest BCUT2D eigenvalue weighted by Crippen LogP contribution is 2.19. The normalized spacial score (nSPS) is 11.5. The van der Waals surface area contributed by atoms with E-state index in [0.29, 0.717) is 6.42 Å². The van der Waals surface area contributed by atoms with E-state index in [9.17, 15) is 4.79 Å². The Kier molecular flexibility index (Phi) is 7.47. The molecule has 0 spiro atoms. The van der Waals surface area contributed by atoms with Gasteiger partial charge in [-0.05, 0) is 52.7 Å².